The highest BCUT2D eigenvalue weighted by atomic mass is 35.5. The summed E-state index contributed by atoms with van der Waals surface area (Å²) in [7, 11) is 0. The molecule has 0 bridgehead atoms. The fraction of sp³-hybridized carbons (Fsp3) is 0.375. The average Bonchev–Trinajstić information content (AvgIpc) is 2.37. The zero-order valence-corrected chi connectivity index (χ0v) is 13.0. The molecular formula is C16H19ClN2O. The summed E-state index contributed by atoms with van der Waals surface area (Å²) in [4.78, 5) is 8.45. The molecule has 0 saturated heterocycles. The summed E-state index contributed by atoms with van der Waals surface area (Å²) in [6.07, 6.45) is 0.721. The van der Waals surface area contributed by atoms with Gasteiger partial charge < -0.3 is 4.74 Å². The molecule has 0 aliphatic carbocycles. The van der Waals surface area contributed by atoms with Gasteiger partial charge in [-0.2, -0.15) is 4.98 Å². The van der Waals surface area contributed by atoms with Crippen LogP contribution in [-0.2, 0) is 11.8 Å². The number of rotatable bonds is 3. The van der Waals surface area contributed by atoms with Crippen LogP contribution < -0.4 is 4.74 Å². The molecule has 1 aromatic carbocycles. The second kappa shape index (κ2) is 5.80. The number of aryl methyl sites for hydroxylation is 1. The van der Waals surface area contributed by atoms with Crippen molar-refractivity contribution in [2.24, 2.45) is 0 Å². The highest BCUT2D eigenvalue weighted by Crippen LogP contribution is 2.28. The highest BCUT2D eigenvalue weighted by Gasteiger charge is 2.14. The Balaban J connectivity index is 2.28. The second-order valence-electron chi connectivity index (χ2n) is 5.68. The number of aromatic nitrogens is 2. The van der Waals surface area contributed by atoms with E-state index in [9.17, 15) is 0 Å². The number of halogens is 1. The molecule has 0 aliphatic rings. The third-order valence-corrected chi connectivity index (χ3v) is 3.15. The summed E-state index contributed by atoms with van der Waals surface area (Å²) >= 11 is 5.97. The van der Waals surface area contributed by atoms with E-state index in [0.29, 0.717) is 16.9 Å². The quantitative estimate of drug-likeness (QED) is 0.763. The van der Waals surface area contributed by atoms with Crippen molar-refractivity contribution in [1.82, 2.24) is 9.97 Å². The average molecular weight is 291 g/mol. The van der Waals surface area contributed by atoms with Gasteiger partial charge in [0.15, 0.2) is 0 Å². The third-order valence-electron chi connectivity index (χ3n) is 2.96. The Hall–Kier alpha value is -1.61. The topological polar surface area (TPSA) is 35.0 Å². The normalized spacial score (nSPS) is 11.4. The number of ether oxygens (including phenoxy) is 1. The number of nitrogens with zero attached hydrogens (tertiary/aromatic N) is 2. The first-order valence-electron chi connectivity index (χ1n) is 6.70. The Morgan fingerprint density at radius 3 is 2.55 bits per heavy atom. The van der Waals surface area contributed by atoms with E-state index >= 15 is 0 Å². The Morgan fingerprint density at radius 1 is 1.15 bits per heavy atom. The van der Waals surface area contributed by atoms with Crippen LogP contribution in [0.25, 0.3) is 0 Å². The second-order valence-corrected chi connectivity index (χ2v) is 6.07. The van der Waals surface area contributed by atoms with Crippen molar-refractivity contribution in [1.29, 1.82) is 0 Å². The number of benzene rings is 1. The molecule has 4 heteroatoms. The van der Waals surface area contributed by atoms with Gasteiger partial charge in [0.1, 0.15) is 16.7 Å². The van der Waals surface area contributed by atoms with Crippen LogP contribution in [0.2, 0.25) is 5.15 Å². The van der Waals surface area contributed by atoms with E-state index in [0.717, 1.165) is 12.2 Å². The first kappa shape index (κ1) is 14.8. The van der Waals surface area contributed by atoms with E-state index in [2.05, 4.69) is 36.8 Å². The fourth-order valence-corrected chi connectivity index (χ4v) is 1.99. The highest BCUT2D eigenvalue weighted by molar-refractivity contribution is 6.29. The Bertz CT molecular complexity index is 606. The molecule has 1 aromatic heterocycles. The Kier molecular flexibility index (Phi) is 4.29. The molecule has 1 heterocycles. The predicted octanol–water partition coefficient (Wildman–Crippen LogP) is 4.78. The first-order chi connectivity index (χ1) is 9.38. The van der Waals surface area contributed by atoms with E-state index < -0.39 is 0 Å². The largest absolute Gasteiger partial charge is 0.439 e. The third kappa shape index (κ3) is 3.70. The fourth-order valence-electron chi connectivity index (χ4n) is 1.80. The predicted molar refractivity (Wildman–Crippen MR) is 81.6 cm³/mol. The molecule has 2 rings (SSSR count). The van der Waals surface area contributed by atoms with Crippen molar-refractivity contribution >= 4 is 11.6 Å². The van der Waals surface area contributed by atoms with Crippen LogP contribution in [0.1, 0.15) is 39.1 Å². The minimum absolute atomic E-state index is 0.0806. The number of hydrogen-bond donors (Lipinski definition) is 0. The molecule has 0 amide bonds. The van der Waals surface area contributed by atoms with Crippen molar-refractivity contribution in [2.75, 3.05) is 0 Å². The van der Waals surface area contributed by atoms with Crippen LogP contribution in [0.15, 0.2) is 30.3 Å². The lowest BCUT2D eigenvalue weighted by atomic mass is 9.87. The zero-order chi connectivity index (χ0) is 14.8. The van der Waals surface area contributed by atoms with Crippen LogP contribution in [0, 0.1) is 0 Å². The van der Waals surface area contributed by atoms with Crippen molar-refractivity contribution in [2.45, 2.75) is 39.5 Å². The molecule has 0 atom stereocenters. The molecule has 0 fully saturated rings. The smallest absolute Gasteiger partial charge is 0.224 e. The SMILES string of the molecule is CCc1nc(Cl)cc(Oc2cccc(C(C)(C)C)c2)n1. The zero-order valence-electron chi connectivity index (χ0n) is 12.3. The van der Waals surface area contributed by atoms with Gasteiger partial charge in [0.25, 0.3) is 0 Å². The molecule has 0 aliphatic heterocycles. The minimum Gasteiger partial charge on any atom is -0.439 e. The molecule has 0 N–H and O–H groups in total. The Morgan fingerprint density at radius 2 is 1.90 bits per heavy atom. The van der Waals surface area contributed by atoms with Gasteiger partial charge in [-0.3, -0.25) is 0 Å². The Labute approximate surface area is 125 Å². The summed E-state index contributed by atoms with van der Waals surface area (Å²) in [5.74, 6) is 1.92. The van der Waals surface area contributed by atoms with E-state index in [1.54, 1.807) is 6.07 Å². The lowest BCUT2D eigenvalue weighted by Gasteiger charge is -2.19. The molecule has 2 aromatic rings. The van der Waals surface area contributed by atoms with Gasteiger partial charge >= 0.3 is 0 Å². The van der Waals surface area contributed by atoms with Gasteiger partial charge in [0.2, 0.25) is 5.88 Å². The van der Waals surface area contributed by atoms with E-state index in [-0.39, 0.29) is 5.41 Å². The molecule has 20 heavy (non-hydrogen) atoms. The van der Waals surface area contributed by atoms with Gasteiger partial charge in [0.05, 0.1) is 0 Å². The van der Waals surface area contributed by atoms with Gasteiger partial charge in [-0.05, 0) is 23.1 Å². The van der Waals surface area contributed by atoms with E-state index in [4.69, 9.17) is 16.3 Å². The van der Waals surface area contributed by atoms with Gasteiger partial charge in [-0.25, -0.2) is 4.98 Å². The van der Waals surface area contributed by atoms with Crippen LogP contribution in [0.5, 0.6) is 11.6 Å². The molecular weight excluding hydrogens is 272 g/mol. The van der Waals surface area contributed by atoms with Gasteiger partial charge in [-0.1, -0.05) is 51.4 Å². The van der Waals surface area contributed by atoms with Crippen molar-refractivity contribution in [3.63, 3.8) is 0 Å². The lowest BCUT2D eigenvalue weighted by Crippen LogP contribution is -2.10. The first-order valence-corrected chi connectivity index (χ1v) is 7.08. The molecule has 3 nitrogen and oxygen atoms in total. The monoisotopic (exact) mass is 290 g/mol. The molecule has 0 unspecified atom stereocenters. The maximum Gasteiger partial charge on any atom is 0.224 e. The summed E-state index contributed by atoms with van der Waals surface area (Å²) in [5, 5.41) is 0.402. The van der Waals surface area contributed by atoms with Crippen LogP contribution >= 0.6 is 11.6 Å². The summed E-state index contributed by atoms with van der Waals surface area (Å²) in [6.45, 7) is 8.49. The summed E-state index contributed by atoms with van der Waals surface area (Å²) in [5.41, 5.74) is 1.29. The molecule has 106 valence electrons. The number of hydrogen-bond acceptors (Lipinski definition) is 3. The van der Waals surface area contributed by atoms with Crippen molar-refractivity contribution in [3.8, 4) is 11.6 Å². The molecule has 0 radical (unpaired) electrons. The lowest BCUT2D eigenvalue weighted by molar-refractivity contribution is 0.456. The minimum atomic E-state index is 0.0806. The van der Waals surface area contributed by atoms with E-state index in [1.807, 2.05) is 25.1 Å². The summed E-state index contributed by atoms with van der Waals surface area (Å²) < 4.78 is 5.80. The van der Waals surface area contributed by atoms with Crippen molar-refractivity contribution in [3.05, 3.63) is 46.9 Å². The van der Waals surface area contributed by atoms with Crippen LogP contribution in [0.4, 0.5) is 0 Å². The van der Waals surface area contributed by atoms with Crippen LogP contribution in [-0.4, -0.2) is 9.97 Å². The maximum absolute atomic E-state index is 5.97. The molecule has 0 spiro atoms. The standard InChI is InChI=1S/C16H19ClN2O/c1-5-14-18-13(17)10-15(19-14)20-12-8-6-7-11(9-12)16(2,3)4/h6-10H,5H2,1-4H3. The summed E-state index contributed by atoms with van der Waals surface area (Å²) in [6, 6.07) is 9.65. The van der Waals surface area contributed by atoms with Crippen molar-refractivity contribution < 1.29 is 4.74 Å². The van der Waals surface area contributed by atoms with Gasteiger partial charge in [0, 0.05) is 12.5 Å². The molecule has 0 saturated carbocycles. The van der Waals surface area contributed by atoms with Crippen LogP contribution in [0.3, 0.4) is 0 Å². The maximum atomic E-state index is 5.97. The van der Waals surface area contributed by atoms with E-state index in [1.165, 1.54) is 5.56 Å². The van der Waals surface area contributed by atoms with Gasteiger partial charge in [-0.15, -0.1) is 0 Å².